The van der Waals surface area contributed by atoms with Crippen LogP contribution in [0.2, 0.25) is 0 Å². The van der Waals surface area contributed by atoms with Gasteiger partial charge in [-0.1, -0.05) is 12.1 Å². The molecule has 8 heteroatoms. The molecule has 0 aliphatic carbocycles. The predicted octanol–water partition coefficient (Wildman–Crippen LogP) is 1.56. The number of nitrogens with zero attached hydrogens (tertiary/aromatic N) is 4. The molecule has 3 aromatic rings. The Hall–Kier alpha value is -3.29. The van der Waals surface area contributed by atoms with Gasteiger partial charge in [-0.25, -0.2) is 0 Å². The molecule has 1 atom stereocenters. The van der Waals surface area contributed by atoms with Crippen molar-refractivity contribution < 1.29 is 14.3 Å². The van der Waals surface area contributed by atoms with Gasteiger partial charge in [0.15, 0.2) is 17.6 Å². The van der Waals surface area contributed by atoms with E-state index >= 15 is 0 Å². The summed E-state index contributed by atoms with van der Waals surface area (Å²) in [6.45, 7) is 1.15. The summed E-state index contributed by atoms with van der Waals surface area (Å²) in [6, 6.07) is 9.36. The lowest BCUT2D eigenvalue weighted by molar-refractivity contribution is -0.116. The summed E-state index contributed by atoms with van der Waals surface area (Å²) < 4.78 is 14.9. The molecular weight excluding hydrogens is 322 g/mol. The number of ether oxygens (including phenoxy) is 2. The van der Waals surface area contributed by atoms with Crippen molar-refractivity contribution in [2.75, 3.05) is 11.9 Å². The fourth-order valence-electron chi connectivity index (χ4n) is 2.63. The van der Waals surface area contributed by atoms with E-state index in [0.29, 0.717) is 18.8 Å². The van der Waals surface area contributed by atoms with Crippen LogP contribution in [0.1, 0.15) is 0 Å². The van der Waals surface area contributed by atoms with E-state index in [4.69, 9.17) is 9.47 Å². The topological polar surface area (TPSA) is 83.2 Å². The Morgan fingerprint density at radius 1 is 1.20 bits per heavy atom. The van der Waals surface area contributed by atoms with Gasteiger partial charge in [0.05, 0.1) is 18.4 Å². The summed E-state index contributed by atoms with van der Waals surface area (Å²) in [4.78, 5) is 12.0. The minimum atomic E-state index is -0.158. The quantitative estimate of drug-likeness (QED) is 0.763. The van der Waals surface area contributed by atoms with Gasteiger partial charge in [0.25, 0.3) is 0 Å². The zero-order valence-corrected chi connectivity index (χ0v) is 13.4. The summed E-state index contributed by atoms with van der Waals surface area (Å²) in [6.07, 6.45) is 6.61. The second-order valence-corrected chi connectivity index (χ2v) is 5.70. The van der Waals surface area contributed by atoms with E-state index in [2.05, 4.69) is 15.5 Å². The molecule has 0 radical (unpaired) electrons. The fraction of sp³-hybridized carbons (Fsp3) is 0.235. The molecule has 1 aromatic carbocycles. The van der Waals surface area contributed by atoms with Crippen LogP contribution in [-0.4, -0.2) is 38.2 Å². The summed E-state index contributed by atoms with van der Waals surface area (Å²) in [7, 11) is 0. The Bertz CT molecular complexity index is 859. The lowest BCUT2D eigenvalue weighted by atomic mass is 10.2. The van der Waals surface area contributed by atoms with E-state index < -0.39 is 0 Å². The number of rotatable bonds is 5. The third kappa shape index (κ3) is 3.63. The van der Waals surface area contributed by atoms with E-state index in [0.717, 1.165) is 11.5 Å². The maximum Gasteiger partial charge on any atom is 0.246 e. The first kappa shape index (κ1) is 15.3. The maximum absolute atomic E-state index is 12.0. The fourth-order valence-corrected chi connectivity index (χ4v) is 2.63. The number of aromatic nitrogens is 4. The monoisotopic (exact) mass is 339 g/mol. The molecule has 8 nitrogen and oxygen atoms in total. The second kappa shape index (κ2) is 6.68. The zero-order valence-electron chi connectivity index (χ0n) is 13.4. The van der Waals surface area contributed by atoms with Crippen molar-refractivity contribution in [2.24, 2.45) is 0 Å². The number of fused-ring (bicyclic) bond motifs is 1. The molecule has 1 amide bonds. The molecule has 1 aliphatic rings. The molecule has 0 fully saturated rings. The Morgan fingerprint density at radius 2 is 2.08 bits per heavy atom. The minimum absolute atomic E-state index is 0.137. The number of amides is 1. The number of anilines is 1. The third-order valence-corrected chi connectivity index (χ3v) is 3.74. The van der Waals surface area contributed by atoms with Crippen LogP contribution < -0.4 is 14.8 Å². The summed E-state index contributed by atoms with van der Waals surface area (Å²) >= 11 is 0. The first-order chi connectivity index (χ1) is 12.3. The lowest BCUT2D eigenvalue weighted by Gasteiger charge is -2.26. The number of hydrogen-bond donors (Lipinski definition) is 1. The van der Waals surface area contributed by atoms with Gasteiger partial charge in [-0.3, -0.25) is 14.2 Å². The van der Waals surface area contributed by atoms with Gasteiger partial charge in [0.2, 0.25) is 5.91 Å². The predicted molar refractivity (Wildman–Crippen MR) is 89.4 cm³/mol. The lowest BCUT2D eigenvalue weighted by Crippen LogP contribution is -2.33. The van der Waals surface area contributed by atoms with E-state index in [1.54, 1.807) is 40.2 Å². The molecule has 1 aliphatic heterocycles. The average Bonchev–Trinajstić information content (AvgIpc) is 3.27. The van der Waals surface area contributed by atoms with Gasteiger partial charge < -0.3 is 14.8 Å². The summed E-state index contributed by atoms with van der Waals surface area (Å²) in [5.74, 6) is 1.33. The van der Waals surface area contributed by atoms with Gasteiger partial charge in [-0.2, -0.15) is 10.2 Å². The Kier molecular flexibility index (Phi) is 4.07. The van der Waals surface area contributed by atoms with Gasteiger partial charge in [-0.15, -0.1) is 0 Å². The first-order valence-corrected chi connectivity index (χ1v) is 7.94. The molecule has 0 unspecified atom stereocenters. The van der Waals surface area contributed by atoms with E-state index in [9.17, 15) is 4.79 Å². The Labute approximate surface area is 144 Å². The Morgan fingerprint density at radius 3 is 2.92 bits per heavy atom. The largest absolute Gasteiger partial charge is 0.486 e. The van der Waals surface area contributed by atoms with Crippen molar-refractivity contribution in [2.45, 2.75) is 19.2 Å². The minimum Gasteiger partial charge on any atom is -0.486 e. The number of nitrogens with one attached hydrogen (secondary N) is 1. The smallest absolute Gasteiger partial charge is 0.246 e. The number of hydrogen-bond acceptors (Lipinski definition) is 5. The van der Waals surface area contributed by atoms with Crippen LogP contribution in [0.25, 0.3) is 0 Å². The van der Waals surface area contributed by atoms with Crippen LogP contribution >= 0.6 is 0 Å². The molecule has 0 spiro atoms. The number of benzene rings is 1. The third-order valence-electron chi connectivity index (χ3n) is 3.74. The average molecular weight is 339 g/mol. The number of carbonyl (C=O) groups is 1. The molecule has 3 heterocycles. The molecule has 128 valence electrons. The SMILES string of the molecule is O=C(Cn1cccn1)Nc1cnn(C[C@H]2COc3ccccc3O2)c1. The summed E-state index contributed by atoms with van der Waals surface area (Å²) in [5, 5.41) is 11.1. The molecule has 1 N–H and O–H groups in total. The highest BCUT2D eigenvalue weighted by atomic mass is 16.6. The van der Waals surface area contributed by atoms with Crippen LogP contribution in [-0.2, 0) is 17.9 Å². The standard InChI is InChI=1S/C17H17N5O3/c23-17(11-21-7-3-6-18-21)20-13-8-19-22(9-13)10-14-12-24-15-4-1-2-5-16(15)25-14/h1-9,14H,10-12H2,(H,20,23)/t14-/m0/s1. The first-order valence-electron chi connectivity index (χ1n) is 7.94. The zero-order chi connectivity index (χ0) is 17.1. The molecule has 4 rings (SSSR count). The van der Waals surface area contributed by atoms with Crippen LogP contribution in [0.3, 0.4) is 0 Å². The van der Waals surface area contributed by atoms with Gasteiger partial charge in [-0.05, 0) is 18.2 Å². The van der Waals surface area contributed by atoms with Crippen LogP contribution in [0, 0.1) is 0 Å². The van der Waals surface area contributed by atoms with Crippen LogP contribution in [0.5, 0.6) is 11.5 Å². The summed E-state index contributed by atoms with van der Waals surface area (Å²) in [5.41, 5.74) is 0.634. The van der Waals surface area contributed by atoms with E-state index in [1.165, 1.54) is 0 Å². The molecule has 0 saturated carbocycles. The Balaban J connectivity index is 1.33. The van der Waals surface area contributed by atoms with Gasteiger partial charge in [0, 0.05) is 18.6 Å². The van der Waals surface area contributed by atoms with Crippen molar-refractivity contribution in [1.29, 1.82) is 0 Å². The molecule has 25 heavy (non-hydrogen) atoms. The molecule has 2 aromatic heterocycles. The highest BCUT2D eigenvalue weighted by molar-refractivity contribution is 5.90. The van der Waals surface area contributed by atoms with Gasteiger partial charge >= 0.3 is 0 Å². The highest BCUT2D eigenvalue weighted by Crippen LogP contribution is 2.31. The molecule has 0 bridgehead atoms. The highest BCUT2D eigenvalue weighted by Gasteiger charge is 2.21. The van der Waals surface area contributed by atoms with E-state index in [-0.39, 0.29) is 18.6 Å². The van der Waals surface area contributed by atoms with Crippen molar-refractivity contribution >= 4 is 11.6 Å². The van der Waals surface area contributed by atoms with Crippen molar-refractivity contribution in [3.05, 3.63) is 55.1 Å². The van der Waals surface area contributed by atoms with Crippen molar-refractivity contribution in [1.82, 2.24) is 19.6 Å². The van der Waals surface area contributed by atoms with E-state index in [1.807, 2.05) is 24.3 Å². The van der Waals surface area contributed by atoms with Crippen molar-refractivity contribution in [3.8, 4) is 11.5 Å². The van der Waals surface area contributed by atoms with Crippen LogP contribution in [0.4, 0.5) is 5.69 Å². The van der Waals surface area contributed by atoms with Crippen molar-refractivity contribution in [3.63, 3.8) is 0 Å². The number of para-hydroxylation sites is 2. The maximum atomic E-state index is 12.0. The van der Waals surface area contributed by atoms with Crippen LogP contribution in [0.15, 0.2) is 55.1 Å². The normalized spacial score (nSPS) is 15.8. The molecule has 0 saturated heterocycles. The van der Waals surface area contributed by atoms with Gasteiger partial charge in [0.1, 0.15) is 13.2 Å². The molecular formula is C17H17N5O3. The second-order valence-electron chi connectivity index (χ2n) is 5.70. The number of carbonyl (C=O) groups excluding carboxylic acids is 1.